The number of rotatable bonds is 3. The van der Waals surface area contributed by atoms with Crippen molar-refractivity contribution >= 4 is 43.7 Å². The minimum absolute atomic E-state index is 0.936. The Labute approximate surface area is 218 Å². The molecule has 8 aromatic rings. The summed E-state index contributed by atoms with van der Waals surface area (Å²) in [4.78, 5) is 13.5. The van der Waals surface area contributed by atoms with Gasteiger partial charge in [0.1, 0.15) is 5.65 Å². The first-order valence-electron chi connectivity index (χ1n) is 12.8. The summed E-state index contributed by atoms with van der Waals surface area (Å²) in [5.74, 6) is 0. The molecule has 0 unspecified atom stereocenters. The van der Waals surface area contributed by atoms with Crippen molar-refractivity contribution in [3.8, 4) is 28.2 Å². The number of aromatic amines is 1. The summed E-state index contributed by atoms with van der Waals surface area (Å²) in [6, 6.07) is 42.3. The van der Waals surface area contributed by atoms with E-state index in [0.717, 1.165) is 55.8 Å². The largest absolute Gasteiger partial charge is 0.354 e. The molecule has 0 amide bonds. The first-order chi connectivity index (χ1) is 18.8. The van der Waals surface area contributed by atoms with E-state index in [0.29, 0.717) is 0 Å². The Bertz CT molecular complexity index is 2090. The zero-order valence-electron chi connectivity index (χ0n) is 20.5. The Hall–Kier alpha value is -5.22. The number of nitrogens with one attached hydrogen (secondary N) is 1. The fourth-order valence-electron chi connectivity index (χ4n) is 5.69. The third kappa shape index (κ3) is 3.10. The summed E-state index contributed by atoms with van der Waals surface area (Å²) in [6.07, 6.45) is 1.86. The Morgan fingerprint density at radius 3 is 2.32 bits per heavy atom. The molecule has 1 N–H and O–H groups in total. The van der Waals surface area contributed by atoms with Crippen LogP contribution in [-0.2, 0) is 0 Å². The highest BCUT2D eigenvalue weighted by Gasteiger charge is 2.14. The van der Waals surface area contributed by atoms with Crippen molar-refractivity contribution in [2.24, 2.45) is 0 Å². The number of benzene rings is 4. The maximum atomic E-state index is 5.14. The Kier molecular flexibility index (Phi) is 4.49. The van der Waals surface area contributed by atoms with Crippen molar-refractivity contribution in [1.82, 2.24) is 19.5 Å². The zero-order chi connectivity index (χ0) is 25.1. The molecule has 8 rings (SSSR count). The van der Waals surface area contributed by atoms with Crippen LogP contribution >= 0.6 is 0 Å². The summed E-state index contributed by atoms with van der Waals surface area (Å²) in [5.41, 5.74) is 9.47. The van der Waals surface area contributed by atoms with E-state index in [1.807, 2.05) is 12.3 Å². The number of hydrogen-bond acceptors (Lipinski definition) is 2. The second-order valence-electron chi connectivity index (χ2n) is 9.58. The second-order valence-corrected chi connectivity index (χ2v) is 9.58. The van der Waals surface area contributed by atoms with E-state index in [1.54, 1.807) is 0 Å². The number of H-pyrrole nitrogens is 1. The average molecular weight is 487 g/mol. The standard InChI is InChI=1S/C34H22N4/c1-3-16-30-24(11-1)26-13-6-14-28(33(26)37-30)31-18-7-17-29(36-31)22-9-5-10-23(21-22)38-32-19-4-2-12-25(32)27-15-8-20-35-34(27)38/h1-21,37H. The molecule has 0 radical (unpaired) electrons. The van der Waals surface area contributed by atoms with Crippen LogP contribution < -0.4 is 0 Å². The van der Waals surface area contributed by atoms with Gasteiger partial charge in [-0.3, -0.25) is 4.57 Å². The molecular weight excluding hydrogens is 464 g/mol. The second kappa shape index (κ2) is 8.15. The van der Waals surface area contributed by atoms with Crippen LogP contribution in [0, 0.1) is 0 Å². The van der Waals surface area contributed by atoms with Crippen LogP contribution in [0.1, 0.15) is 0 Å². The van der Waals surface area contributed by atoms with Gasteiger partial charge in [0.2, 0.25) is 0 Å². The normalized spacial score (nSPS) is 11.7. The third-order valence-electron chi connectivity index (χ3n) is 7.40. The fraction of sp³-hybridized carbons (Fsp3) is 0. The van der Waals surface area contributed by atoms with Gasteiger partial charge < -0.3 is 4.98 Å². The maximum absolute atomic E-state index is 5.14. The van der Waals surface area contributed by atoms with Crippen LogP contribution in [0.2, 0.25) is 0 Å². The number of para-hydroxylation sites is 3. The number of nitrogens with zero attached hydrogens (tertiary/aromatic N) is 3. The molecular formula is C34H22N4. The highest BCUT2D eigenvalue weighted by molar-refractivity contribution is 6.11. The zero-order valence-corrected chi connectivity index (χ0v) is 20.5. The van der Waals surface area contributed by atoms with Crippen LogP contribution in [0.3, 0.4) is 0 Å². The molecule has 0 saturated carbocycles. The van der Waals surface area contributed by atoms with E-state index in [9.17, 15) is 0 Å². The van der Waals surface area contributed by atoms with E-state index in [-0.39, 0.29) is 0 Å². The molecule has 178 valence electrons. The van der Waals surface area contributed by atoms with Crippen LogP contribution in [-0.4, -0.2) is 19.5 Å². The molecule has 0 atom stereocenters. The highest BCUT2D eigenvalue weighted by atomic mass is 15.0. The Balaban J connectivity index is 1.28. The maximum Gasteiger partial charge on any atom is 0.145 e. The van der Waals surface area contributed by atoms with Gasteiger partial charge in [-0.15, -0.1) is 0 Å². The lowest BCUT2D eigenvalue weighted by Gasteiger charge is -2.10. The molecule has 0 fully saturated rings. The van der Waals surface area contributed by atoms with E-state index in [1.165, 1.54) is 16.2 Å². The van der Waals surface area contributed by atoms with Gasteiger partial charge in [-0.2, -0.15) is 0 Å². The van der Waals surface area contributed by atoms with E-state index >= 15 is 0 Å². The van der Waals surface area contributed by atoms with Gasteiger partial charge in [-0.1, -0.05) is 72.8 Å². The summed E-state index contributed by atoms with van der Waals surface area (Å²) >= 11 is 0. The van der Waals surface area contributed by atoms with Crippen molar-refractivity contribution in [2.75, 3.05) is 0 Å². The Morgan fingerprint density at radius 2 is 1.34 bits per heavy atom. The van der Waals surface area contributed by atoms with Crippen molar-refractivity contribution < 1.29 is 0 Å². The van der Waals surface area contributed by atoms with Crippen LogP contribution in [0.5, 0.6) is 0 Å². The summed E-state index contributed by atoms with van der Waals surface area (Å²) in [5, 5.41) is 4.80. The van der Waals surface area contributed by atoms with Crippen molar-refractivity contribution in [3.05, 3.63) is 128 Å². The van der Waals surface area contributed by atoms with Gasteiger partial charge in [0.05, 0.1) is 22.4 Å². The van der Waals surface area contributed by atoms with Gasteiger partial charge in [0.15, 0.2) is 0 Å². The van der Waals surface area contributed by atoms with Gasteiger partial charge in [-0.25, -0.2) is 9.97 Å². The molecule has 0 bridgehead atoms. The SMILES string of the molecule is c1cc(-c2cccc(-c3cccc4c3[nH]c3ccccc34)n2)cc(-n2c3ccccc3c3cccnc32)c1. The molecule has 4 aromatic heterocycles. The predicted molar refractivity (Wildman–Crippen MR) is 157 cm³/mol. The molecule has 0 saturated heterocycles. The summed E-state index contributed by atoms with van der Waals surface area (Å²) < 4.78 is 2.24. The molecule has 4 heteroatoms. The van der Waals surface area contributed by atoms with Gasteiger partial charge in [0, 0.05) is 50.1 Å². The molecule has 0 aliphatic rings. The first-order valence-corrected chi connectivity index (χ1v) is 12.8. The number of hydrogen-bond donors (Lipinski definition) is 1. The van der Waals surface area contributed by atoms with Crippen LogP contribution in [0.4, 0.5) is 0 Å². The summed E-state index contributed by atoms with van der Waals surface area (Å²) in [7, 11) is 0. The minimum atomic E-state index is 0.936. The van der Waals surface area contributed by atoms with E-state index in [2.05, 4.69) is 125 Å². The van der Waals surface area contributed by atoms with Crippen molar-refractivity contribution in [2.45, 2.75) is 0 Å². The van der Waals surface area contributed by atoms with Crippen LogP contribution in [0.25, 0.3) is 71.9 Å². The molecule has 0 aliphatic heterocycles. The lowest BCUT2D eigenvalue weighted by atomic mass is 10.0. The van der Waals surface area contributed by atoms with Crippen molar-refractivity contribution in [3.63, 3.8) is 0 Å². The quantitative estimate of drug-likeness (QED) is 0.272. The lowest BCUT2D eigenvalue weighted by Crippen LogP contribution is -1.96. The number of pyridine rings is 2. The minimum Gasteiger partial charge on any atom is -0.354 e. The number of fused-ring (bicyclic) bond motifs is 6. The number of aromatic nitrogens is 4. The van der Waals surface area contributed by atoms with Gasteiger partial charge in [-0.05, 0) is 48.5 Å². The molecule has 0 spiro atoms. The topological polar surface area (TPSA) is 46.5 Å². The molecule has 4 aromatic carbocycles. The van der Waals surface area contributed by atoms with E-state index < -0.39 is 0 Å². The highest BCUT2D eigenvalue weighted by Crippen LogP contribution is 2.34. The fourth-order valence-corrected chi connectivity index (χ4v) is 5.69. The predicted octanol–water partition coefficient (Wildman–Crippen LogP) is 8.54. The Morgan fingerprint density at radius 1 is 0.579 bits per heavy atom. The molecule has 4 heterocycles. The summed E-state index contributed by atoms with van der Waals surface area (Å²) in [6.45, 7) is 0. The monoisotopic (exact) mass is 486 g/mol. The molecule has 0 aliphatic carbocycles. The van der Waals surface area contributed by atoms with Gasteiger partial charge >= 0.3 is 0 Å². The third-order valence-corrected chi connectivity index (χ3v) is 7.40. The van der Waals surface area contributed by atoms with Crippen molar-refractivity contribution in [1.29, 1.82) is 0 Å². The van der Waals surface area contributed by atoms with Gasteiger partial charge in [0.25, 0.3) is 0 Å². The van der Waals surface area contributed by atoms with Crippen LogP contribution in [0.15, 0.2) is 128 Å². The van der Waals surface area contributed by atoms with E-state index in [4.69, 9.17) is 9.97 Å². The molecule has 38 heavy (non-hydrogen) atoms. The molecule has 4 nitrogen and oxygen atoms in total. The lowest BCUT2D eigenvalue weighted by molar-refractivity contribution is 1.13. The first kappa shape index (κ1) is 20.9. The smallest absolute Gasteiger partial charge is 0.145 e. The average Bonchev–Trinajstić information content (AvgIpc) is 3.53.